The lowest BCUT2D eigenvalue weighted by molar-refractivity contribution is -0.121. The number of amides is 2. The molecule has 0 aliphatic carbocycles. The van der Waals surface area contributed by atoms with E-state index in [-0.39, 0.29) is 11.8 Å². The minimum absolute atomic E-state index is 0.0402. The molecule has 0 saturated carbocycles. The van der Waals surface area contributed by atoms with Crippen molar-refractivity contribution in [3.05, 3.63) is 47.5 Å². The maximum Gasteiger partial charge on any atom is 0.243 e. The van der Waals surface area contributed by atoms with Crippen LogP contribution in [-0.4, -0.2) is 24.9 Å². The first-order valence-corrected chi connectivity index (χ1v) is 6.26. The van der Waals surface area contributed by atoms with Gasteiger partial charge in [0.1, 0.15) is 0 Å². The zero-order valence-corrected chi connectivity index (χ0v) is 11.5. The molecule has 0 fully saturated rings. The second kappa shape index (κ2) is 7.36. The summed E-state index contributed by atoms with van der Waals surface area (Å²) in [6, 6.07) is 6.07. The normalized spacial score (nSPS) is 9.79. The molecule has 19 heavy (non-hydrogen) atoms. The van der Waals surface area contributed by atoms with E-state index >= 15 is 0 Å². The van der Waals surface area contributed by atoms with Gasteiger partial charge in [-0.1, -0.05) is 30.3 Å². The second-order valence-electron chi connectivity index (χ2n) is 4.45. The molecular formula is C15H20N2O2. The van der Waals surface area contributed by atoms with Gasteiger partial charge in [0.05, 0.1) is 6.42 Å². The Labute approximate surface area is 113 Å². The van der Waals surface area contributed by atoms with Crippen molar-refractivity contribution in [2.45, 2.75) is 20.3 Å². The fraction of sp³-hybridized carbons (Fsp3) is 0.333. The molecule has 0 heterocycles. The average molecular weight is 260 g/mol. The van der Waals surface area contributed by atoms with E-state index in [9.17, 15) is 9.59 Å². The van der Waals surface area contributed by atoms with E-state index in [0.29, 0.717) is 19.5 Å². The van der Waals surface area contributed by atoms with Gasteiger partial charge in [0.15, 0.2) is 0 Å². The third kappa shape index (κ3) is 5.38. The summed E-state index contributed by atoms with van der Waals surface area (Å²) in [6.07, 6.45) is 1.57. The summed E-state index contributed by atoms with van der Waals surface area (Å²) in [6.45, 7) is 8.17. The van der Waals surface area contributed by atoms with Crippen LogP contribution in [0.15, 0.2) is 30.9 Å². The van der Waals surface area contributed by atoms with Crippen LogP contribution < -0.4 is 10.6 Å². The van der Waals surface area contributed by atoms with Crippen LogP contribution >= 0.6 is 0 Å². The predicted molar refractivity (Wildman–Crippen MR) is 75.8 cm³/mol. The molecule has 4 heteroatoms. The van der Waals surface area contributed by atoms with E-state index < -0.39 is 0 Å². The van der Waals surface area contributed by atoms with Gasteiger partial charge in [0, 0.05) is 13.1 Å². The summed E-state index contributed by atoms with van der Waals surface area (Å²) in [5.41, 5.74) is 3.29. The maximum atomic E-state index is 11.7. The summed E-state index contributed by atoms with van der Waals surface area (Å²) < 4.78 is 0. The van der Waals surface area contributed by atoms with E-state index in [1.165, 1.54) is 6.08 Å². The molecule has 2 amide bonds. The summed E-state index contributed by atoms with van der Waals surface area (Å²) >= 11 is 0. The average Bonchev–Trinajstić information content (AvgIpc) is 2.38. The highest BCUT2D eigenvalue weighted by Gasteiger charge is 2.05. The Morgan fingerprint density at radius 2 is 1.89 bits per heavy atom. The fourth-order valence-electron chi connectivity index (χ4n) is 1.69. The highest BCUT2D eigenvalue weighted by molar-refractivity contribution is 5.86. The molecule has 0 aliphatic rings. The van der Waals surface area contributed by atoms with Crippen LogP contribution in [0.4, 0.5) is 0 Å². The molecule has 0 spiro atoms. The zero-order valence-electron chi connectivity index (χ0n) is 11.5. The first-order valence-electron chi connectivity index (χ1n) is 6.26. The zero-order chi connectivity index (χ0) is 14.3. The molecule has 1 rings (SSSR count). The van der Waals surface area contributed by atoms with Gasteiger partial charge in [0.25, 0.3) is 0 Å². The number of aryl methyl sites for hydroxylation is 2. The predicted octanol–water partition coefficient (Wildman–Crippen LogP) is 1.26. The molecule has 0 atom stereocenters. The van der Waals surface area contributed by atoms with Crippen molar-refractivity contribution < 1.29 is 9.59 Å². The Morgan fingerprint density at radius 1 is 1.21 bits per heavy atom. The topological polar surface area (TPSA) is 58.2 Å². The Hall–Kier alpha value is -2.10. The van der Waals surface area contributed by atoms with Gasteiger partial charge >= 0.3 is 0 Å². The van der Waals surface area contributed by atoms with Crippen LogP contribution in [0.2, 0.25) is 0 Å². The van der Waals surface area contributed by atoms with Crippen molar-refractivity contribution in [1.82, 2.24) is 10.6 Å². The van der Waals surface area contributed by atoms with E-state index in [1.54, 1.807) is 0 Å². The Morgan fingerprint density at radius 3 is 2.58 bits per heavy atom. The van der Waals surface area contributed by atoms with Crippen molar-refractivity contribution in [2.24, 2.45) is 0 Å². The van der Waals surface area contributed by atoms with Gasteiger partial charge in [-0.05, 0) is 31.1 Å². The van der Waals surface area contributed by atoms with Gasteiger partial charge in [-0.3, -0.25) is 9.59 Å². The lowest BCUT2D eigenvalue weighted by atomic mass is 10.0. The van der Waals surface area contributed by atoms with Crippen molar-refractivity contribution in [3.63, 3.8) is 0 Å². The van der Waals surface area contributed by atoms with Gasteiger partial charge in [-0.15, -0.1) is 0 Å². The summed E-state index contributed by atoms with van der Waals surface area (Å²) in [4.78, 5) is 22.6. The SMILES string of the molecule is C=CC(=O)NCCNC(=O)Cc1cc(C)ccc1C. The molecule has 4 nitrogen and oxygen atoms in total. The number of nitrogens with one attached hydrogen (secondary N) is 2. The van der Waals surface area contributed by atoms with Crippen LogP contribution in [0, 0.1) is 13.8 Å². The van der Waals surface area contributed by atoms with Gasteiger partial charge in [0.2, 0.25) is 11.8 Å². The third-order valence-corrected chi connectivity index (χ3v) is 2.79. The number of rotatable bonds is 6. The molecule has 0 saturated heterocycles. The number of hydrogen-bond acceptors (Lipinski definition) is 2. The van der Waals surface area contributed by atoms with Crippen LogP contribution in [0.1, 0.15) is 16.7 Å². The largest absolute Gasteiger partial charge is 0.354 e. The van der Waals surface area contributed by atoms with Crippen LogP contribution in [0.25, 0.3) is 0 Å². The molecule has 0 aliphatic heterocycles. The molecule has 2 N–H and O–H groups in total. The Kier molecular flexibility index (Phi) is 5.79. The Bertz CT molecular complexity index is 481. The molecule has 102 valence electrons. The smallest absolute Gasteiger partial charge is 0.243 e. The first kappa shape index (κ1) is 15.0. The molecular weight excluding hydrogens is 240 g/mol. The van der Waals surface area contributed by atoms with Crippen molar-refractivity contribution in [2.75, 3.05) is 13.1 Å². The summed E-state index contributed by atoms with van der Waals surface area (Å²) in [5, 5.41) is 5.37. The van der Waals surface area contributed by atoms with Crippen molar-refractivity contribution >= 4 is 11.8 Å². The number of hydrogen-bond donors (Lipinski definition) is 2. The van der Waals surface area contributed by atoms with Crippen LogP contribution in [0.5, 0.6) is 0 Å². The highest BCUT2D eigenvalue weighted by Crippen LogP contribution is 2.11. The first-order chi connectivity index (χ1) is 9.02. The molecule has 0 aromatic heterocycles. The van der Waals surface area contributed by atoms with Gasteiger partial charge < -0.3 is 10.6 Å². The number of carbonyl (C=O) groups is 2. The van der Waals surface area contributed by atoms with E-state index in [1.807, 2.05) is 32.0 Å². The minimum Gasteiger partial charge on any atom is -0.354 e. The summed E-state index contributed by atoms with van der Waals surface area (Å²) in [5.74, 6) is -0.273. The summed E-state index contributed by atoms with van der Waals surface area (Å²) in [7, 11) is 0. The van der Waals surface area contributed by atoms with Gasteiger partial charge in [-0.2, -0.15) is 0 Å². The quantitative estimate of drug-likeness (QED) is 0.597. The standard InChI is InChI=1S/C15H20N2O2/c1-4-14(18)16-7-8-17-15(19)10-13-9-11(2)5-6-12(13)3/h4-6,9H,1,7-8,10H2,2-3H3,(H,16,18)(H,17,19). The van der Waals surface area contributed by atoms with E-state index in [4.69, 9.17) is 0 Å². The lowest BCUT2D eigenvalue weighted by Crippen LogP contribution is -2.34. The highest BCUT2D eigenvalue weighted by atomic mass is 16.2. The molecule has 1 aromatic carbocycles. The van der Waals surface area contributed by atoms with Crippen molar-refractivity contribution in [3.8, 4) is 0 Å². The van der Waals surface area contributed by atoms with E-state index in [2.05, 4.69) is 17.2 Å². The maximum absolute atomic E-state index is 11.7. The van der Waals surface area contributed by atoms with Gasteiger partial charge in [-0.25, -0.2) is 0 Å². The molecule has 0 radical (unpaired) electrons. The third-order valence-electron chi connectivity index (χ3n) is 2.79. The number of benzene rings is 1. The lowest BCUT2D eigenvalue weighted by Gasteiger charge is -2.08. The molecule has 1 aromatic rings. The monoisotopic (exact) mass is 260 g/mol. The fourth-order valence-corrected chi connectivity index (χ4v) is 1.69. The molecule has 0 bridgehead atoms. The van der Waals surface area contributed by atoms with Crippen molar-refractivity contribution in [1.29, 1.82) is 0 Å². The van der Waals surface area contributed by atoms with Crippen LogP contribution in [-0.2, 0) is 16.0 Å². The van der Waals surface area contributed by atoms with Crippen LogP contribution in [0.3, 0.4) is 0 Å². The minimum atomic E-state index is -0.233. The van der Waals surface area contributed by atoms with E-state index in [0.717, 1.165) is 16.7 Å². The Balaban J connectivity index is 2.37. The molecule has 0 unspecified atom stereocenters. The second-order valence-corrected chi connectivity index (χ2v) is 4.45. The number of carbonyl (C=O) groups excluding carboxylic acids is 2.